The van der Waals surface area contributed by atoms with E-state index in [1.807, 2.05) is 45.0 Å². The van der Waals surface area contributed by atoms with Crippen LogP contribution in [0.1, 0.15) is 52.7 Å². The molecule has 0 aliphatic carbocycles. The molecule has 0 radical (unpaired) electrons. The van der Waals surface area contributed by atoms with Crippen molar-refractivity contribution in [1.82, 2.24) is 14.9 Å². The van der Waals surface area contributed by atoms with E-state index in [1.54, 1.807) is 24.3 Å². The van der Waals surface area contributed by atoms with Crippen LogP contribution in [0.4, 0.5) is 21.7 Å². The number of nitrogens with one attached hydrogen (secondary N) is 2. The first-order chi connectivity index (χ1) is 21.3. The Bertz CT molecular complexity index is 1610. The molecule has 1 aliphatic rings. The first kappa shape index (κ1) is 31.2. The molecule has 8 nitrogen and oxygen atoms in total. The SMILES string of the molecule is Cc1ccc(Oc2nc(Nc3ccc(OCCCN4CCCCC4)c(F)c3)ncc2C(=O)Nc2c(C)cccc2C)c(Cl)c1. The first-order valence-corrected chi connectivity index (χ1v) is 15.2. The lowest BCUT2D eigenvalue weighted by molar-refractivity contribution is 0.102. The Morgan fingerprint density at radius 3 is 2.48 bits per heavy atom. The van der Waals surface area contributed by atoms with Gasteiger partial charge in [-0.3, -0.25) is 4.79 Å². The quantitative estimate of drug-likeness (QED) is 0.164. The summed E-state index contributed by atoms with van der Waals surface area (Å²) < 4.78 is 26.7. The zero-order valence-corrected chi connectivity index (χ0v) is 26.0. The number of nitrogens with zero attached hydrogens (tertiary/aromatic N) is 3. The van der Waals surface area contributed by atoms with Gasteiger partial charge >= 0.3 is 0 Å². The predicted molar refractivity (Wildman–Crippen MR) is 172 cm³/mol. The van der Waals surface area contributed by atoms with Crippen LogP contribution in [0.15, 0.2) is 60.8 Å². The van der Waals surface area contributed by atoms with E-state index < -0.39 is 11.7 Å². The minimum Gasteiger partial charge on any atom is -0.490 e. The summed E-state index contributed by atoms with van der Waals surface area (Å²) in [5, 5.41) is 6.31. The molecule has 3 aromatic carbocycles. The molecule has 0 bridgehead atoms. The minimum atomic E-state index is -0.500. The van der Waals surface area contributed by atoms with Crippen molar-refractivity contribution in [3.63, 3.8) is 0 Å². The van der Waals surface area contributed by atoms with Crippen LogP contribution in [-0.4, -0.2) is 47.0 Å². The summed E-state index contributed by atoms with van der Waals surface area (Å²) in [5.74, 6) is -0.324. The van der Waals surface area contributed by atoms with Gasteiger partial charge in [-0.25, -0.2) is 9.37 Å². The zero-order valence-electron chi connectivity index (χ0n) is 25.3. The first-order valence-electron chi connectivity index (χ1n) is 14.9. The lowest BCUT2D eigenvalue weighted by Gasteiger charge is -2.26. The van der Waals surface area contributed by atoms with E-state index in [1.165, 1.54) is 31.5 Å². The zero-order chi connectivity index (χ0) is 31.1. The van der Waals surface area contributed by atoms with Crippen LogP contribution in [0.3, 0.4) is 0 Å². The Kier molecular flexibility index (Phi) is 10.3. The number of hydrogen-bond acceptors (Lipinski definition) is 7. The number of amides is 1. The van der Waals surface area contributed by atoms with E-state index in [2.05, 4.69) is 25.5 Å². The molecule has 5 rings (SSSR count). The Morgan fingerprint density at radius 1 is 1.00 bits per heavy atom. The lowest BCUT2D eigenvalue weighted by atomic mass is 10.1. The van der Waals surface area contributed by atoms with Gasteiger partial charge in [0.25, 0.3) is 5.91 Å². The molecule has 1 saturated heterocycles. The fraction of sp³-hybridized carbons (Fsp3) is 0.324. The van der Waals surface area contributed by atoms with E-state index in [-0.39, 0.29) is 23.1 Å². The number of aryl methyl sites for hydroxylation is 3. The number of carbonyl (C=O) groups is 1. The second-order valence-corrected chi connectivity index (χ2v) is 11.5. The monoisotopic (exact) mass is 617 g/mol. The maximum Gasteiger partial charge on any atom is 0.262 e. The van der Waals surface area contributed by atoms with Crippen molar-refractivity contribution in [2.75, 3.05) is 36.9 Å². The van der Waals surface area contributed by atoms with Gasteiger partial charge in [0.05, 0.1) is 11.6 Å². The molecule has 44 heavy (non-hydrogen) atoms. The van der Waals surface area contributed by atoms with Crippen LogP contribution in [-0.2, 0) is 0 Å². The Morgan fingerprint density at radius 2 is 1.75 bits per heavy atom. The fourth-order valence-corrected chi connectivity index (χ4v) is 5.40. The molecule has 0 spiro atoms. The molecule has 1 aromatic heterocycles. The lowest BCUT2D eigenvalue weighted by Crippen LogP contribution is -2.31. The van der Waals surface area contributed by atoms with Crippen LogP contribution in [0.2, 0.25) is 5.02 Å². The van der Waals surface area contributed by atoms with Crippen molar-refractivity contribution in [3.05, 3.63) is 93.9 Å². The van der Waals surface area contributed by atoms with Gasteiger partial charge < -0.3 is 25.0 Å². The van der Waals surface area contributed by atoms with Crippen molar-refractivity contribution in [2.45, 2.75) is 46.5 Å². The standard InChI is InChI=1S/C34H37ClFN5O3/c1-22-11-13-29(27(35)19-22)44-33-26(32(42)39-31-23(2)9-7-10-24(31)3)21-37-34(40-33)38-25-12-14-30(28(36)20-25)43-18-8-17-41-15-5-4-6-16-41/h7,9-14,19-21H,4-6,8,15-18H2,1-3H3,(H,39,42)(H,37,38,40). The highest BCUT2D eigenvalue weighted by molar-refractivity contribution is 6.32. The molecule has 4 aromatic rings. The van der Waals surface area contributed by atoms with Crippen LogP contribution in [0.25, 0.3) is 0 Å². The van der Waals surface area contributed by atoms with Gasteiger partial charge in [-0.15, -0.1) is 0 Å². The smallest absolute Gasteiger partial charge is 0.262 e. The third-order valence-electron chi connectivity index (χ3n) is 7.53. The third-order valence-corrected chi connectivity index (χ3v) is 7.82. The maximum atomic E-state index is 14.9. The van der Waals surface area contributed by atoms with E-state index in [0.717, 1.165) is 42.7 Å². The van der Waals surface area contributed by atoms with Crippen molar-refractivity contribution < 1.29 is 18.7 Å². The molecule has 10 heteroatoms. The second kappa shape index (κ2) is 14.5. The summed E-state index contributed by atoms with van der Waals surface area (Å²) in [4.78, 5) is 24.7. The van der Waals surface area contributed by atoms with Crippen LogP contribution in [0, 0.1) is 26.6 Å². The Labute approximate surface area is 262 Å². The molecule has 2 N–H and O–H groups in total. The van der Waals surface area contributed by atoms with Gasteiger partial charge in [0.15, 0.2) is 11.6 Å². The summed E-state index contributed by atoms with van der Waals surface area (Å²) in [5.41, 5.74) is 4.00. The van der Waals surface area contributed by atoms with Crippen LogP contribution >= 0.6 is 11.6 Å². The number of para-hydroxylation sites is 1. The third kappa shape index (κ3) is 8.03. The van der Waals surface area contributed by atoms with Gasteiger partial charge in [0, 0.05) is 30.2 Å². The highest BCUT2D eigenvalue weighted by Gasteiger charge is 2.20. The van der Waals surface area contributed by atoms with E-state index in [9.17, 15) is 9.18 Å². The average Bonchev–Trinajstić information content (AvgIpc) is 3.00. The molecule has 1 amide bonds. The van der Waals surface area contributed by atoms with Crippen molar-refractivity contribution in [2.24, 2.45) is 0 Å². The van der Waals surface area contributed by atoms with Gasteiger partial charge in [0.2, 0.25) is 11.8 Å². The number of likely N-dealkylation sites (tertiary alicyclic amines) is 1. The number of carbonyl (C=O) groups excluding carboxylic acids is 1. The minimum absolute atomic E-state index is 0.00822. The molecule has 0 unspecified atom stereocenters. The molecule has 0 saturated carbocycles. The molecular formula is C34H37ClFN5O3. The maximum absolute atomic E-state index is 14.9. The van der Waals surface area contributed by atoms with Gasteiger partial charge in [-0.1, -0.05) is 42.3 Å². The van der Waals surface area contributed by atoms with Crippen molar-refractivity contribution in [3.8, 4) is 17.4 Å². The summed E-state index contributed by atoms with van der Waals surface area (Å²) >= 11 is 6.43. The van der Waals surface area contributed by atoms with Crippen LogP contribution in [0.5, 0.6) is 17.4 Å². The number of rotatable bonds is 11. The largest absolute Gasteiger partial charge is 0.490 e. The average molecular weight is 618 g/mol. The number of piperidine rings is 1. The van der Waals surface area contributed by atoms with Gasteiger partial charge in [-0.2, -0.15) is 4.98 Å². The highest BCUT2D eigenvalue weighted by atomic mass is 35.5. The summed E-state index contributed by atoms with van der Waals surface area (Å²) in [6.07, 6.45) is 5.98. The van der Waals surface area contributed by atoms with Crippen molar-refractivity contribution in [1.29, 1.82) is 0 Å². The highest BCUT2D eigenvalue weighted by Crippen LogP contribution is 2.33. The molecular weight excluding hydrogens is 581 g/mol. The number of ether oxygens (including phenoxy) is 2. The number of benzene rings is 3. The number of hydrogen-bond donors (Lipinski definition) is 2. The molecule has 2 heterocycles. The predicted octanol–water partition coefficient (Wildman–Crippen LogP) is 8.24. The Balaban J connectivity index is 1.32. The summed E-state index contributed by atoms with van der Waals surface area (Å²) in [7, 11) is 0. The molecule has 1 aliphatic heterocycles. The van der Waals surface area contributed by atoms with E-state index >= 15 is 0 Å². The Hall–Kier alpha value is -4.21. The molecule has 230 valence electrons. The number of halogens is 2. The van der Waals surface area contributed by atoms with Crippen LogP contribution < -0.4 is 20.1 Å². The summed E-state index contributed by atoms with van der Waals surface area (Å²) in [6, 6.07) is 15.7. The van der Waals surface area contributed by atoms with Gasteiger partial charge in [-0.05, 0) is 94.1 Å². The van der Waals surface area contributed by atoms with E-state index in [4.69, 9.17) is 21.1 Å². The topological polar surface area (TPSA) is 88.6 Å². The molecule has 0 atom stereocenters. The number of aromatic nitrogens is 2. The normalized spacial score (nSPS) is 13.4. The van der Waals surface area contributed by atoms with Crippen molar-refractivity contribution >= 4 is 34.8 Å². The van der Waals surface area contributed by atoms with Gasteiger partial charge in [0.1, 0.15) is 11.3 Å². The van der Waals surface area contributed by atoms with E-state index in [0.29, 0.717) is 28.8 Å². The number of anilines is 3. The second-order valence-electron chi connectivity index (χ2n) is 11.0. The fourth-order valence-electron chi connectivity index (χ4n) is 5.12. The summed E-state index contributed by atoms with van der Waals surface area (Å²) in [6.45, 7) is 9.39. The molecule has 1 fully saturated rings.